The maximum absolute atomic E-state index is 13.7. The molecule has 1 aromatic heterocycles. The van der Waals surface area contributed by atoms with Crippen molar-refractivity contribution in [3.63, 3.8) is 0 Å². The molecule has 2 aromatic rings. The quantitative estimate of drug-likeness (QED) is 0.820. The number of sulfonamides is 1. The SMILES string of the molecule is CCn1cnnc1C1CN(S(=O)(=O)c2cc(F)ccc2C)CC12CCC2. The van der Waals surface area contributed by atoms with Gasteiger partial charge in [0, 0.05) is 25.6 Å². The van der Waals surface area contributed by atoms with Gasteiger partial charge in [-0.25, -0.2) is 12.8 Å². The van der Waals surface area contributed by atoms with Gasteiger partial charge in [0.1, 0.15) is 18.0 Å². The standard InChI is InChI=1S/C18H23FN4O2S/c1-3-22-12-20-21-17(22)15-10-23(11-18(15)7-4-8-18)26(24,25)16-9-14(19)6-5-13(16)2/h5-6,9,12,15H,3-4,7-8,10-11H2,1-2H3. The fourth-order valence-corrected chi connectivity index (χ4v) is 6.15. The maximum atomic E-state index is 13.7. The van der Waals surface area contributed by atoms with Crippen LogP contribution >= 0.6 is 0 Å². The van der Waals surface area contributed by atoms with Crippen molar-refractivity contribution >= 4 is 10.0 Å². The summed E-state index contributed by atoms with van der Waals surface area (Å²) in [5.74, 6) is 0.359. The molecule has 1 unspecified atom stereocenters. The molecule has 1 atom stereocenters. The molecule has 0 radical (unpaired) electrons. The monoisotopic (exact) mass is 378 g/mol. The number of aryl methyl sites for hydroxylation is 2. The zero-order valence-electron chi connectivity index (χ0n) is 15.0. The van der Waals surface area contributed by atoms with E-state index in [2.05, 4.69) is 10.2 Å². The molecule has 2 fully saturated rings. The van der Waals surface area contributed by atoms with E-state index in [1.54, 1.807) is 13.3 Å². The van der Waals surface area contributed by atoms with Gasteiger partial charge in [0.05, 0.1) is 4.90 Å². The second-order valence-electron chi connectivity index (χ2n) is 7.45. The number of benzene rings is 1. The van der Waals surface area contributed by atoms with Gasteiger partial charge >= 0.3 is 0 Å². The lowest BCUT2D eigenvalue weighted by molar-refractivity contribution is 0.125. The van der Waals surface area contributed by atoms with Crippen molar-refractivity contribution in [1.29, 1.82) is 0 Å². The fourth-order valence-electron chi connectivity index (χ4n) is 4.37. The molecular formula is C18H23FN4O2S. The first-order chi connectivity index (χ1) is 12.4. The van der Waals surface area contributed by atoms with Crippen LogP contribution in [0.5, 0.6) is 0 Å². The number of aromatic nitrogens is 3. The minimum Gasteiger partial charge on any atom is -0.318 e. The van der Waals surface area contributed by atoms with Crippen molar-refractivity contribution < 1.29 is 12.8 Å². The van der Waals surface area contributed by atoms with Crippen LogP contribution in [0.4, 0.5) is 4.39 Å². The largest absolute Gasteiger partial charge is 0.318 e. The lowest BCUT2D eigenvalue weighted by Crippen LogP contribution is -2.38. The van der Waals surface area contributed by atoms with Gasteiger partial charge in [0.15, 0.2) is 0 Å². The lowest BCUT2D eigenvalue weighted by Gasteiger charge is -2.42. The smallest absolute Gasteiger partial charge is 0.243 e. The molecule has 2 aliphatic rings. The normalized spacial score (nSPS) is 22.7. The summed E-state index contributed by atoms with van der Waals surface area (Å²) in [6.45, 7) is 5.32. The third-order valence-corrected chi connectivity index (χ3v) is 7.99. The highest BCUT2D eigenvalue weighted by Crippen LogP contribution is 2.56. The molecule has 1 aromatic carbocycles. The average molecular weight is 378 g/mol. The summed E-state index contributed by atoms with van der Waals surface area (Å²) in [5.41, 5.74) is 0.489. The first-order valence-corrected chi connectivity index (χ1v) is 10.5. The highest BCUT2D eigenvalue weighted by molar-refractivity contribution is 7.89. The van der Waals surface area contributed by atoms with E-state index in [-0.39, 0.29) is 16.2 Å². The predicted molar refractivity (Wildman–Crippen MR) is 94.6 cm³/mol. The Labute approximate surface area is 153 Å². The van der Waals surface area contributed by atoms with Crippen molar-refractivity contribution in [3.05, 3.63) is 41.7 Å². The molecule has 26 heavy (non-hydrogen) atoms. The summed E-state index contributed by atoms with van der Waals surface area (Å²) in [5, 5.41) is 8.33. The van der Waals surface area contributed by atoms with Crippen LogP contribution in [0, 0.1) is 18.2 Å². The van der Waals surface area contributed by atoms with E-state index in [0.29, 0.717) is 18.7 Å². The summed E-state index contributed by atoms with van der Waals surface area (Å²) in [4.78, 5) is 0.0598. The zero-order valence-corrected chi connectivity index (χ0v) is 15.8. The fraction of sp³-hybridized carbons (Fsp3) is 0.556. The molecular weight excluding hydrogens is 355 g/mol. The van der Waals surface area contributed by atoms with Crippen LogP contribution in [0.25, 0.3) is 0 Å². The van der Waals surface area contributed by atoms with Gasteiger partial charge in [-0.3, -0.25) is 0 Å². The summed E-state index contributed by atoms with van der Waals surface area (Å²) in [6.07, 6.45) is 4.78. The first kappa shape index (κ1) is 17.6. The lowest BCUT2D eigenvalue weighted by atomic mass is 9.62. The van der Waals surface area contributed by atoms with Crippen molar-refractivity contribution in [3.8, 4) is 0 Å². The van der Waals surface area contributed by atoms with Crippen molar-refractivity contribution in [2.45, 2.75) is 50.5 Å². The number of rotatable bonds is 4. The van der Waals surface area contributed by atoms with Gasteiger partial charge in [0.25, 0.3) is 0 Å². The Kier molecular flexibility index (Phi) is 4.15. The van der Waals surface area contributed by atoms with E-state index in [1.165, 1.54) is 16.4 Å². The summed E-state index contributed by atoms with van der Waals surface area (Å²) in [6, 6.07) is 3.93. The average Bonchev–Trinajstić information content (AvgIpc) is 3.20. The Morgan fingerprint density at radius 3 is 2.77 bits per heavy atom. The molecule has 1 aliphatic heterocycles. The van der Waals surface area contributed by atoms with Crippen LogP contribution in [-0.4, -0.2) is 40.6 Å². The van der Waals surface area contributed by atoms with E-state index < -0.39 is 15.8 Å². The minimum atomic E-state index is -3.75. The maximum Gasteiger partial charge on any atom is 0.243 e. The van der Waals surface area contributed by atoms with Crippen LogP contribution < -0.4 is 0 Å². The molecule has 1 spiro atoms. The van der Waals surface area contributed by atoms with Gasteiger partial charge in [0.2, 0.25) is 10.0 Å². The number of nitrogens with zero attached hydrogens (tertiary/aromatic N) is 4. The highest BCUT2D eigenvalue weighted by atomic mass is 32.2. The summed E-state index contributed by atoms with van der Waals surface area (Å²) < 4.78 is 43.6. The van der Waals surface area contributed by atoms with Crippen molar-refractivity contribution in [2.24, 2.45) is 5.41 Å². The van der Waals surface area contributed by atoms with E-state index in [4.69, 9.17) is 0 Å². The molecule has 140 valence electrons. The van der Waals surface area contributed by atoms with Crippen LogP contribution in [-0.2, 0) is 16.6 Å². The third-order valence-electron chi connectivity index (χ3n) is 6.03. The molecule has 0 N–H and O–H groups in total. The summed E-state index contributed by atoms with van der Waals surface area (Å²) >= 11 is 0. The minimum absolute atomic E-state index is 0.0299. The Balaban J connectivity index is 1.72. The molecule has 8 heteroatoms. The molecule has 6 nitrogen and oxygen atoms in total. The molecule has 0 bridgehead atoms. The molecule has 1 saturated heterocycles. The van der Waals surface area contributed by atoms with E-state index in [9.17, 15) is 12.8 Å². The first-order valence-electron chi connectivity index (χ1n) is 9.01. The molecule has 0 amide bonds. The summed E-state index contributed by atoms with van der Waals surface area (Å²) in [7, 11) is -3.75. The third kappa shape index (κ3) is 2.58. The van der Waals surface area contributed by atoms with Crippen molar-refractivity contribution in [2.75, 3.05) is 13.1 Å². The Morgan fingerprint density at radius 2 is 2.12 bits per heavy atom. The molecule has 4 rings (SSSR count). The molecule has 2 heterocycles. The van der Waals surface area contributed by atoms with Crippen LogP contribution in [0.3, 0.4) is 0 Å². The highest BCUT2D eigenvalue weighted by Gasteiger charge is 2.55. The van der Waals surface area contributed by atoms with Gasteiger partial charge in [-0.15, -0.1) is 10.2 Å². The van der Waals surface area contributed by atoms with Gasteiger partial charge < -0.3 is 4.57 Å². The Morgan fingerprint density at radius 1 is 1.35 bits per heavy atom. The van der Waals surface area contributed by atoms with E-state index in [1.807, 2.05) is 11.5 Å². The predicted octanol–water partition coefficient (Wildman–Crippen LogP) is 2.70. The number of hydrogen-bond acceptors (Lipinski definition) is 4. The van der Waals surface area contributed by atoms with Gasteiger partial charge in [-0.1, -0.05) is 12.5 Å². The van der Waals surface area contributed by atoms with Crippen LogP contribution in [0.1, 0.15) is 43.5 Å². The van der Waals surface area contributed by atoms with Gasteiger partial charge in [-0.2, -0.15) is 4.31 Å². The zero-order chi connectivity index (χ0) is 18.5. The van der Waals surface area contributed by atoms with Gasteiger partial charge in [-0.05, 0) is 49.8 Å². The van der Waals surface area contributed by atoms with Crippen molar-refractivity contribution in [1.82, 2.24) is 19.1 Å². The second-order valence-corrected chi connectivity index (χ2v) is 9.36. The number of hydrogen-bond donors (Lipinski definition) is 0. The molecule has 1 aliphatic carbocycles. The van der Waals surface area contributed by atoms with E-state index in [0.717, 1.165) is 37.7 Å². The molecule has 1 saturated carbocycles. The Bertz CT molecular complexity index is 936. The van der Waals surface area contributed by atoms with Crippen LogP contribution in [0.2, 0.25) is 0 Å². The topological polar surface area (TPSA) is 68.1 Å². The Hall–Kier alpha value is -1.80. The number of halogens is 1. The van der Waals surface area contributed by atoms with E-state index >= 15 is 0 Å². The van der Waals surface area contributed by atoms with Crippen LogP contribution in [0.15, 0.2) is 29.4 Å². The second kappa shape index (κ2) is 6.13.